The Morgan fingerprint density at radius 2 is 0.750 bits per heavy atom. The van der Waals surface area contributed by atoms with Crippen LogP contribution in [0.5, 0.6) is 0 Å². The number of halogens is 9. The van der Waals surface area contributed by atoms with Crippen molar-refractivity contribution in [2.75, 3.05) is 79.9 Å². The van der Waals surface area contributed by atoms with E-state index in [1.807, 2.05) is 38.1 Å². The van der Waals surface area contributed by atoms with Crippen molar-refractivity contribution >= 4 is 50.5 Å². The zero-order valence-corrected chi connectivity index (χ0v) is 68.4. The predicted octanol–water partition coefficient (Wildman–Crippen LogP) is 20.7. The van der Waals surface area contributed by atoms with Gasteiger partial charge in [-0.25, -0.2) is 8.78 Å². The lowest BCUT2D eigenvalue weighted by Crippen LogP contribution is -2.44. The van der Waals surface area contributed by atoms with E-state index in [0.29, 0.717) is 43.4 Å². The molecule has 4 aliphatic rings. The van der Waals surface area contributed by atoms with Crippen LogP contribution in [-0.2, 0) is 68.5 Å². The van der Waals surface area contributed by atoms with Crippen molar-refractivity contribution in [1.29, 1.82) is 0 Å². The van der Waals surface area contributed by atoms with Crippen molar-refractivity contribution in [2.45, 2.75) is 264 Å². The fraction of sp³-hybridized carbons (Fsp3) is 0.663. The van der Waals surface area contributed by atoms with Crippen LogP contribution in [0.1, 0.15) is 227 Å². The van der Waals surface area contributed by atoms with Gasteiger partial charge in [-0.15, -0.1) is 0 Å². The second kappa shape index (κ2) is 42.1. The summed E-state index contributed by atoms with van der Waals surface area (Å²) in [5, 5.41) is 0.781. The molecule has 104 heavy (non-hydrogen) atoms. The van der Waals surface area contributed by atoms with Crippen LogP contribution in [0.25, 0.3) is 0 Å². The van der Waals surface area contributed by atoms with Crippen LogP contribution in [0, 0.1) is 11.8 Å². The lowest BCUT2D eigenvalue weighted by Gasteiger charge is -2.39. The maximum absolute atomic E-state index is 13.5. The van der Waals surface area contributed by atoms with E-state index in [4.69, 9.17) is 30.5 Å². The van der Waals surface area contributed by atoms with E-state index in [-0.39, 0.29) is 84.0 Å². The van der Waals surface area contributed by atoms with E-state index in [9.17, 15) is 44.7 Å². The first-order chi connectivity index (χ1) is 47.6. The highest BCUT2D eigenvalue weighted by Crippen LogP contribution is 2.40. The number of rotatable bonds is 26. The summed E-state index contributed by atoms with van der Waals surface area (Å²) in [5.74, 6) is -2.86. The summed E-state index contributed by atoms with van der Waals surface area (Å²) in [5.41, 5.74) is 4.03. The Bertz CT molecular complexity index is 3160. The zero-order chi connectivity index (χ0) is 76.2. The minimum atomic E-state index is -4.31. The zero-order valence-electron chi connectivity index (χ0n) is 65.6. The molecule has 0 aliphatic carbocycles. The summed E-state index contributed by atoms with van der Waals surface area (Å²) < 4.78 is 125. The SMILES string of the molecule is CCOC(=O)C1CCN(C(C)CC(C)(C)c2ccc(C(F)(F)F)cc2)CC1.CCOC(=O)C1CCN(C(C)CC(C)(C)c2ccc(Cl)cc2)CC1.COC[C@@H]1CCCN1C(C)CC(C)(C)c1ccc(C(F)(F)F)cc1.COC[C@@H]1CCCN1C(C=C(C)C)CC(C)(C)c1ccc(C(C)(F)F)cc1.S.S. The molecule has 0 spiro atoms. The molecule has 21 heteroatoms. The molecule has 6 atom stereocenters. The first-order valence-corrected chi connectivity index (χ1v) is 37.5. The smallest absolute Gasteiger partial charge is 0.416 e. The first-order valence-electron chi connectivity index (χ1n) is 37.1. The Kier molecular flexibility index (Phi) is 38.0. The molecule has 4 heterocycles. The summed E-state index contributed by atoms with van der Waals surface area (Å²) in [6, 6.07) is 28.5. The quantitative estimate of drug-likeness (QED) is 0.0344. The fourth-order valence-corrected chi connectivity index (χ4v) is 15.9. The number of likely N-dealkylation sites (tertiary alicyclic amines) is 4. The van der Waals surface area contributed by atoms with Gasteiger partial charge in [0.2, 0.25) is 0 Å². The molecule has 4 saturated heterocycles. The summed E-state index contributed by atoms with van der Waals surface area (Å²) in [6.07, 6.45) is 5.63. The molecule has 590 valence electrons. The van der Waals surface area contributed by atoms with Crippen LogP contribution in [0.3, 0.4) is 0 Å². The van der Waals surface area contributed by atoms with Crippen LogP contribution in [-0.4, -0.2) is 148 Å². The average molecular weight is 1530 g/mol. The number of piperidine rings is 2. The average Bonchev–Trinajstić information content (AvgIpc) is 1.39. The van der Waals surface area contributed by atoms with Crippen LogP contribution in [0.2, 0.25) is 5.02 Å². The summed E-state index contributed by atoms with van der Waals surface area (Å²) >= 11 is 6.00. The number of benzene rings is 4. The van der Waals surface area contributed by atoms with Gasteiger partial charge in [0.25, 0.3) is 5.92 Å². The van der Waals surface area contributed by atoms with Crippen molar-refractivity contribution in [2.24, 2.45) is 11.8 Å². The number of carbonyl (C=O) groups is 2. The second-order valence-electron chi connectivity index (χ2n) is 31.9. The molecule has 0 radical (unpaired) electrons. The van der Waals surface area contributed by atoms with Gasteiger partial charge in [0.05, 0.1) is 49.4 Å². The Morgan fingerprint density at radius 1 is 0.452 bits per heavy atom. The highest BCUT2D eigenvalue weighted by Gasteiger charge is 2.39. The van der Waals surface area contributed by atoms with Crippen LogP contribution in [0.15, 0.2) is 109 Å². The van der Waals surface area contributed by atoms with E-state index in [0.717, 1.165) is 151 Å². The Balaban J connectivity index is 0.000000358. The number of alkyl halides is 8. The highest BCUT2D eigenvalue weighted by molar-refractivity contribution is 7.59. The summed E-state index contributed by atoms with van der Waals surface area (Å²) in [4.78, 5) is 33.6. The van der Waals surface area contributed by atoms with Crippen molar-refractivity contribution in [3.8, 4) is 0 Å². The molecule has 0 bridgehead atoms. The van der Waals surface area contributed by atoms with Crippen LogP contribution >= 0.6 is 38.6 Å². The molecule has 0 N–H and O–H groups in total. The number of esters is 2. The first kappa shape index (κ1) is 94.0. The van der Waals surface area contributed by atoms with E-state index in [1.165, 1.54) is 42.5 Å². The number of ether oxygens (including phenoxy) is 4. The van der Waals surface area contributed by atoms with Crippen molar-refractivity contribution in [3.63, 3.8) is 0 Å². The van der Waals surface area contributed by atoms with E-state index >= 15 is 0 Å². The van der Waals surface area contributed by atoms with Gasteiger partial charge < -0.3 is 28.7 Å². The van der Waals surface area contributed by atoms with Gasteiger partial charge in [-0.3, -0.25) is 19.4 Å². The van der Waals surface area contributed by atoms with E-state index < -0.39 is 29.4 Å². The van der Waals surface area contributed by atoms with E-state index in [2.05, 4.69) is 128 Å². The molecule has 0 amide bonds. The largest absolute Gasteiger partial charge is 0.466 e. The molecule has 10 nitrogen and oxygen atoms in total. The Morgan fingerprint density at radius 3 is 1.07 bits per heavy atom. The topological polar surface area (TPSA) is 84.0 Å². The molecular weight excluding hydrogens is 1400 g/mol. The third-order valence-electron chi connectivity index (χ3n) is 21.5. The Hall–Kier alpha value is -4.25. The van der Waals surface area contributed by atoms with Crippen molar-refractivity contribution in [1.82, 2.24) is 19.6 Å². The molecule has 4 unspecified atom stereocenters. The van der Waals surface area contributed by atoms with Gasteiger partial charge in [-0.1, -0.05) is 139 Å². The van der Waals surface area contributed by atoms with Gasteiger partial charge in [0.15, 0.2) is 0 Å². The number of nitrogens with zero attached hydrogens (tertiary/aromatic N) is 4. The lowest BCUT2D eigenvalue weighted by molar-refractivity contribution is -0.150. The molecule has 0 saturated carbocycles. The molecule has 4 aliphatic heterocycles. The maximum atomic E-state index is 13.5. The minimum absolute atomic E-state index is 0. The monoisotopic (exact) mass is 1530 g/mol. The molecule has 0 aromatic heterocycles. The molecular formula is C83H127ClF8N4O6S2. The fourth-order valence-electron chi connectivity index (χ4n) is 15.7. The Labute approximate surface area is 638 Å². The van der Waals surface area contributed by atoms with Crippen molar-refractivity contribution in [3.05, 3.63) is 153 Å². The summed E-state index contributed by atoms with van der Waals surface area (Å²) in [7, 11) is 3.49. The number of methoxy groups -OCH3 is 2. The molecule has 4 fully saturated rings. The summed E-state index contributed by atoms with van der Waals surface area (Å²) in [6.45, 7) is 41.1. The number of hydrogen-bond donors (Lipinski definition) is 0. The second-order valence-corrected chi connectivity index (χ2v) is 32.4. The molecule has 4 aromatic carbocycles. The maximum Gasteiger partial charge on any atom is 0.416 e. The highest BCUT2D eigenvalue weighted by atomic mass is 35.5. The van der Waals surface area contributed by atoms with E-state index in [1.54, 1.807) is 50.6 Å². The van der Waals surface area contributed by atoms with Crippen molar-refractivity contribution < 1.29 is 63.7 Å². The van der Waals surface area contributed by atoms with Gasteiger partial charge >= 0.3 is 24.3 Å². The standard InChI is InChI=1S/C23H35F2NO.C21H30F3NO2.C20H30ClNO2.C19H28F3NO.2H2S/c1-17(2)14-21(26-13-7-8-20(26)16-27-6)15-22(3,4)18-9-11-19(12-10-18)23(5,24)25;1-5-27-19(26)16-10-12-25(13-11-16)15(2)14-20(3,4)17-6-8-18(9-7-17)21(22,23)24;1-5-24-19(23)16-10-12-22(13-11-16)15(2)14-20(3,4)17-6-8-18(21)9-7-17;1-14(23-11-5-6-17(23)13-24-4)12-18(2,3)15-7-9-16(10-8-15)19(20,21)22;;/h9-12,14,20-21H,7-8,13,15-16H2,1-6H3;6-9,15-16H,5,10-14H2,1-4H3;6-9,15-16H,5,10-14H2,1-4H3;7-10,14,17H,5-6,11-13H2,1-4H3;2*1H2/t20-,21?;;;14?,17-;;/m0..0../s1. The molecule has 4 aromatic rings. The number of hydrogen-bond acceptors (Lipinski definition) is 10. The number of carbonyl (C=O) groups excluding carboxylic acids is 2. The number of allylic oxidation sites excluding steroid dienone is 1. The van der Waals surface area contributed by atoms with Crippen LogP contribution in [0.4, 0.5) is 35.1 Å². The van der Waals surface area contributed by atoms with Gasteiger partial charge in [0.1, 0.15) is 0 Å². The van der Waals surface area contributed by atoms with Crippen LogP contribution < -0.4 is 0 Å². The van der Waals surface area contributed by atoms with Gasteiger partial charge in [-0.2, -0.15) is 53.3 Å². The predicted molar refractivity (Wildman–Crippen MR) is 418 cm³/mol. The molecule has 8 rings (SSSR count). The lowest BCUT2D eigenvalue weighted by atomic mass is 9.78. The third kappa shape index (κ3) is 29.0. The minimum Gasteiger partial charge on any atom is -0.466 e. The normalized spacial score (nSPS) is 19.1. The van der Waals surface area contributed by atoms with Gasteiger partial charge in [-0.05, 0) is 245 Å². The van der Waals surface area contributed by atoms with Gasteiger partial charge in [0, 0.05) is 68.0 Å². The third-order valence-corrected chi connectivity index (χ3v) is 21.8.